The summed E-state index contributed by atoms with van der Waals surface area (Å²) in [6, 6.07) is 0. The van der Waals surface area contributed by atoms with Crippen LogP contribution in [0, 0.1) is 5.41 Å². The lowest BCUT2D eigenvalue weighted by Gasteiger charge is -2.49. The molecule has 2 aliphatic rings. The second-order valence-electron chi connectivity index (χ2n) is 5.18. The summed E-state index contributed by atoms with van der Waals surface area (Å²) >= 11 is 0. The molecule has 0 radical (unpaired) electrons. The van der Waals surface area contributed by atoms with Gasteiger partial charge in [0.15, 0.2) is 0 Å². The van der Waals surface area contributed by atoms with Gasteiger partial charge in [-0.15, -0.1) is 0 Å². The zero-order chi connectivity index (χ0) is 14.0. The van der Waals surface area contributed by atoms with Gasteiger partial charge in [0, 0.05) is 19.3 Å². The molecule has 0 aromatic heterocycles. The van der Waals surface area contributed by atoms with Gasteiger partial charge < -0.3 is 40.9 Å². The molecule has 2 heterocycles. The first kappa shape index (κ1) is 14.0. The van der Waals surface area contributed by atoms with Crippen molar-refractivity contribution >= 4 is 0 Å². The Morgan fingerprint density at radius 3 is 1.17 bits per heavy atom. The third-order valence-electron chi connectivity index (χ3n) is 3.27. The van der Waals surface area contributed by atoms with E-state index in [-0.39, 0.29) is 0 Å². The first-order valence-electron chi connectivity index (χ1n) is 5.16. The van der Waals surface area contributed by atoms with Crippen LogP contribution in [0.4, 0.5) is 0 Å². The first-order chi connectivity index (χ1) is 7.79. The summed E-state index contributed by atoms with van der Waals surface area (Å²) in [7, 11) is 0. The van der Waals surface area contributed by atoms with Crippen molar-refractivity contribution in [2.24, 2.45) is 5.41 Å². The normalized spacial score (nSPS) is 34.7. The fourth-order valence-electron chi connectivity index (χ4n) is 2.84. The molecular formula is C8H16N2O8. The lowest BCUT2D eigenvalue weighted by atomic mass is 9.71. The molecule has 106 valence electrons. The number of piperidine rings is 1. The van der Waals surface area contributed by atoms with Gasteiger partial charge >= 0.3 is 0 Å². The van der Waals surface area contributed by atoms with Gasteiger partial charge in [-0.1, -0.05) is 0 Å². The molecular weight excluding hydrogens is 252 g/mol. The molecule has 2 fully saturated rings. The highest BCUT2D eigenvalue weighted by molar-refractivity contribution is 5.06. The Morgan fingerprint density at radius 1 is 0.556 bits per heavy atom. The molecule has 0 unspecified atom stereocenters. The number of nitrogens with one attached hydrogen (secondary N) is 2. The van der Waals surface area contributed by atoms with E-state index in [0.29, 0.717) is 0 Å². The minimum atomic E-state index is -2.92. The molecule has 10 nitrogen and oxygen atoms in total. The maximum Gasteiger partial charge on any atom is 0.233 e. The van der Waals surface area contributed by atoms with Crippen LogP contribution in [0.5, 0.6) is 0 Å². The van der Waals surface area contributed by atoms with Crippen LogP contribution >= 0.6 is 0 Å². The third kappa shape index (κ3) is 2.23. The highest BCUT2D eigenvalue weighted by Gasteiger charge is 2.69. The van der Waals surface area contributed by atoms with E-state index in [0.717, 1.165) is 0 Å². The van der Waals surface area contributed by atoms with Crippen LogP contribution in [0.3, 0.4) is 0 Å². The zero-order valence-corrected chi connectivity index (χ0v) is 9.20. The Balaban J connectivity index is 2.41. The van der Waals surface area contributed by atoms with Crippen LogP contribution in [-0.2, 0) is 0 Å². The first-order valence-corrected chi connectivity index (χ1v) is 5.16. The number of aliphatic hydroxyl groups is 8. The topological polar surface area (TPSA) is 186 Å². The lowest BCUT2D eigenvalue weighted by Crippen LogP contribution is -2.70. The molecule has 0 saturated carbocycles. The van der Waals surface area contributed by atoms with E-state index >= 15 is 0 Å². The standard InChI is InChI=1S/C8H16N2O8/c11-5(12)1-4(2-6(13,14)9-5)3-7(15,16)10-8(4,17)18/h9-18H,1-3H2. The second kappa shape index (κ2) is 3.37. The summed E-state index contributed by atoms with van der Waals surface area (Å²) in [5.74, 6) is -11.2. The third-order valence-corrected chi connectivity index (χ3v) is 3.27. The summed E-state index contributed by atoms with van der Waals surface area (Å²) < 4.78 is 0. The maximum atomic E-state index is 9.72. The fraction of sp³-hybridized carbons (Fsp3) is 1.00. The molecule has 2 aliphatic heterocycles. The van der Waals surface area contributed by atoms with Crippen molar-refractivity contribution in [1.29, 1.82) is 0 Å². The molecule has 2 saturated heterocycles. The molecule has 10 heteroatoms. The minimum absolute atomic E-state index is 0.750. The van der Waals surface area contributed by atoms with Gasteiger partial charge in [-0.05, 0) is 0 Å². The van der Waals surface area contributed by atoms with E-state index in [4.69, 9.17) is 0 Å². The minimum Gasteiger partial charge on any atom is -0.353 e. The average molecular weight is 268 g/mol. The molecule has 0 bridgehead atoms. The summed E-state index contributed by atoms with van der Waals surface area (Å²) in [4.78, 5) is 0. The van der Waals surface area contributed by atoms with Crippen molar-refractivity contribution in [2.45, 2.75) is 42.9 Å². The molecule has 2 rings (SSSR count). The Hall–Kier alpha value is -0.400. The van der Waals surface area contributed by atoms with Gasteiger partial charge in [0.25, 0.3) is 0 Å². The number of rotatable bonds is 0. The van der Waals surface area contributed by atoms with Crippen molar-refractivity contribution < 1.29 is 40.9 Å². The van der Waals surface area contributed by atoms with Crippen molar-refractivity contribution in [2.75, 3.05) is 0 Å². The van der Waals surface area contributed by atoms with E-state index in [1.54, 1.807) is 10.6 Å². The quantitative estimate of drug-likeness (QED) is 0.190. The second-order valence-corrected chi connectivity index (χ2v) is 5.18. The molecule has 0 atom stereocenters. The van der Waals surface area contributed by atoms with Crippen molar-refractivity contribution in [3.8, 4) is 0 Å². The Labute approximate surface area is 101 Å². The van der Waals surface area contributed by atoms with E-state index < -0.39 is 48.3 Å². The average Bonchev–Trinajstić information content (AvgIpc) is 2.05. The van der Waals surface area contributed by atoms with Gasteiger partial charge in [0.05, 0.1) is 5.41 Å². The van der Waals surface area contributed by atoms with Crippen molar-refractivity contribution in [3.63, 3.8) is 0 Å². The van der Waals surface area contributed by atoms with Gasteiger partial charge in [-0.2, -0.15) is 0 Å². The summed E-state index contributed by atoms with van der Waals surface area (Å²) in [5, 5.41) is 79.3. The van der Waals surface area contributed by atoms with Gasteiger partial charge in [0.2, 0.25) is 23.6 Å². The van der Waals surface area contributed by atoms with Crippen LogP contribution < -0.4 is 10.6 Å². The zero-order valence-electron chi connectivity index (χ0n) is 9.20. The number of hydrogen-bond donors (Lipinski definition) is 10. The summed E-state index contributed by atoms with van der Waals surface area (Å²) in [5.41, 5.74) is -1.99. The molecule has 10 N–H and O–H groups in total. The maximum absolute atomic E-state index is 9.72. The van der Waals surface area contributed by atoms with E-state index in [9.17, 15) is 40.9 Å². The Kier molecular flexibility index (Phi) is 2.63. The smallest absolute Gasteiger partial charge is 0.233 e. The fourth-order valence-corrected chi connectivity index (χ4v) is 2.84. The lowest BCUT2D eigenvalue weighted by molar-refractivity contribution is -0.372. The summed E-state index contributed by atoms with van der Waals surface area (Å²) in [6.07, 6.45) is -2.29. The van der Waals surface area contributed by atoms with Gasteiger partial charge in [-0.25, -0.2) is 10.6 Å². The SMILES string of the molecule is OC1(O)CC2(CC(O)(O)N1)CC(O)(O)NC2(O)O. The molecule has 1 spiro atoms. The Bertz CT molecular complexity index is 350. The molecule has 18 heavy (non-hydrogen) atoms. The van der Waals surface area contributed by atoms with E-state index in [1.807, 2.05) is 0 Å². The monoisotopic (exact) mass is 268 g/mol. The number of hydrogen-bond acceptors (Lipinski definition) is 10. The van der Waals surface area contributed by atoms with Crippen molar-refractivity contribution in [1.82, 2.24) is 10.6 Å². The van der Waals surface area contributed by atoms with Crippen LogP contribution in [0.25, 0.3) is 0 Å². The molecule has 0 amide bonds. The molecule has 0 aromatic carbocycles. The van der Waals surface area contributed by atoms with Crippen LogP contribution in [0.1, 0.15) is 19.3 Å². The predicted octanol–water partition coefficient (Wildman–Crippen LogP) is -5.10. The van der Waals surface area contributed by atoms with E-state index in [2.05, 4.69) is 0 Å². The van der Waals surface area contributed by atoms with Crippen molar-refractivity contribution in [3.05, 3.63) is 0 Å². The molecule has 0 aliphatic carbocycles. The van der Waals surface area contributed by atoms with Crippen LogP contribution in [-0.4, -0.2) is 64.5 Å². The van der Waals surface area contributed by atoms with Gasteiger partial charge in [0.1, 0.15) is 0 Å². The van der Waals surface area contributed by atoms with Crippen LogP contribution in [0.2, 0.25) is 0 Å². The largest absolute Gasteiger partial charge is 0.353 e. The molecule has 0 aromatic rings. The summed E-state index contributed by atoms with van der Waals surface area (Å²) in [6.45, 7) is 0. The Morgan fingerprint density at radius 2 is 0.889 bits per heavy atom. The van der Waals surface area contributed by atoms with Gasteiger partial charge in [-0.3, -0.25) is 0 Å². The van der Waals surface area contributed by atoms with E-state index in [1.165, 1.54) is 0 Å². The predicted molar refractivity (Wildman–Crippen MR) is 51.2 cm³/mol. The highest BCUT2D eigenvalue weighted by atomic mass is 16.6. The van der Waals surface area contributed by atoms with Crippen LogP contribution in [0.15, 0.2) is 0 Å². The highest BCUT2D eigenvalue weighted by Crippen LogP contribution is 2.53.